The van der Waals surface area contributed by atoms with Gasteiger partial charge in [-0.1, -0.05) is 25.0 Å². The van der Waals surface area contributed by atoms with Crippen LogP contribution in [0.4, 0.5) is 0 Å². The summed E-state index contributed by atoms with van der Waals surface area (Å²) in [4.78, 5) is 14.3. The van der Waals surface area contributed by atoms with Crippen LogP contribution in [0.5, 0.6) is 5.75 Å². The van der Waals surface area contributed by atoms with Crippen LogP contribution in [0.2, 0.25) is 0 Å². The van der Waals surface area contributed by atoms with Crippen LogP contribution in [0.3, 0.4) is 0 Å². The van der Waals surface area contributed by atoms with E-state index in [4.69, 9.17) is 16.3 Å². The number of ether oxygens (including phenoxy) is 1. The maximum absolute atomic E-state index is 12.4. The van der Waals surface area contributed by atoms with Gasteiger partial charge in [0.2, 0.25) is 0 Å². The van der Waals surface area contributed by atoms with Crippen molar-refractivity contribution in [2.24, 2.45) is 0 Å². The zero-order valence-electron chi connectivity index (χ0n) is 11.1. The van der Waals surface area contributed by atoms with Gasteiger partial charge in [-0.15, -0.1) is 11.6 Å². The first-order valence-electron chi connectivity index (χ1n) is 6.90. The van der Waals surface area contributed by atoms with Crippen molar-refractivity contribution in [3.63, 3.8) is 0 Å². The Morgan fingerprint density at radius 2 is 1.95 bits per heavy atom. The highest BCUT2D eigenvalue weighted by Gasteiger charge is 2.22. The standard InChI is InChI=1S/C15H20ClNO2/c16-9-5-1-2-6-10-17-11-12-19-14-8-4-3-7-13(14)15(17)18/h3-4,7-8H,1-2,5-6,9-12H2. The number of benzene rings is 1. The molecule has 0 unspecified atom stereocenters. The summed E-state index contributed by atoms with van der Waals surface area (Å²) in [5.41, 5.74) is 0.681. The van der Waals surface area contributed by atoms with Crippen molar-refractivity contribution < 1.29 is 9.53 Å². The van der Waals surface area contributed by atoms with Gasteiger partial charge in [0.1, 0.15) is 12.4 Å². The number of nitrogens with zero attached hydrogens (tertiary/aromatic N) is 1. The Labute approximate surface area is 119 Å². The number of hydrogen-bond donors (Lipinski definition) is 0. The quantitative estimate of drug-likeness (QED) is 0.591. The molecule has 2 rings (SSSR count). The number of unbranched alkanes of at least 4 members (excludes halogenated alkanes) is 3. The fraction of sp³-hybridized carbons (Fsp3) is 0.533. The third-order valence-corrected chi connectivity index (χ3v) is 3.60. The summed E-state index contributed by atoms with van der Waals surface area (Å²) in [6, 6.07) is 7.47. The molecule has 4 heteroatoms. The highest BCUT2D eigenvalue weighted by molar-refractivity contribution is 6.17. The molecule has 1 aliphatic heterocycles. The molecular weight excluding hydrogens is 262 g/mol. The Morgan fingerprint density at radius 1 is 1.16 bits per heavy atom. The highest BCUT2D eigenvalue weighted by Crippen LogP contribution is 2.22. The summed E-state index contributed by atoms with van der Waals surface area (Å²) in [6.07, 6.45) is 4.35. The van der Waals surface area contributed by atoms with Crippen LogP contribution in [-0.2, 0) is 0 Å². The van der Waals surface area contributed by atoms with Crippen molar-refractivity contribution in [3.8, 4) is 5.75 Å². The van der Waals surface area contributed by atoms with E-state index in [-0.39, 0.29) is 5.91 Å². The summed E-state index contributed by atoms with van der Waals surface area (Å²) in [5, 5.41) is 0. The maximum atomic E-state index is 12.4. The number of halogens is 1. The van der Waals surface area contributed by atoms with Gasteiger partial charge >= 0.3 is 0 Å². The van der Waals surface area contributed by atoms with Crippen LogP contribution >= 0.6 is 11.6 Å². The van der Waals surface area contributed by atoms with E-state index in [2.05, 4.69) is 0 Å². The molecule has 0 radical (unpaired) electrons. The van der Waals surface area contributed by atoms with Crippen molar-refractivity contribution in [3.05, 3.63) is 29.8 Å². The number of carbonyl (C=O) groups excluding carboxylic acids is 1. The van der Waals surface area contributed by atoms with Crippen molar-refractivity contribution in [1.29, 1.82) is 0 Å². The van der Waals surface area contributed by atoms with Crippen LogP contribution in [0.25, 0.3) is 0 Å². The number of alkyl halides is 1. The van der Waals surface area contributed by atoms with Gasteiger partial charge in [-0.05, 0) is 25.0 Å². The van der Waals surface area contributed by atoms with Gasteiger partial charge in [0.25, 0.3) is 5.91 Å². The molecule has 19 heavy (non-hydrogen) atoms. The van der Waals surface area contributed by atoms with Gasteiger partial charge in [0, 0.05) is 12.4 Å². The molecule has 1 aliphatic rings. The lowest BCUT2D eigenvalue weighted by Gasteiger charge is -2.19. The van der Waals surface area contributed by atoms with Crippen LogP contribution < -0.4 is 4.74 Å². The Morgan fingerprint density at radius 3 is 2.79 bits per heavy atom. The van der Waals surface area contributed by atoms with Crippen molar-refractivity contribution >= 4 is 17.5 Å². The van der Waals surface area contributed by atoms with Crippen LogP contribution in [-0.4, -0.2) is 36.4 Å². The second-order valence-electron chi connectivity index (χ2n) is 4.74. The molecule has 0 spiro atoms. The third-order valence-electron chi connectivity index (χ3n) is 3.34. The van der Waals surface area contributed by atoms with Gasteiger partial charge in [-0.25, -0.2) is 0 Å². The van der Waals surface area contributed by atoms with E-state index in [9.17, 15) is 4.79 Å². The topological polar surface area (TPSA) is 29.5 Å². The Balaban J connectivity index is 1.90. The summed E-state index contributed by atoms with van der Waals surface area (Å²) in [5.74, 6) is 1.52. The molecule has 0 aromatic heterocycles. The van der Waals surface area contributed by atoms with Crippen LogP contribution in [0, 0.1) is 0 Å². The maximum Gasteiger partial charge on any atom is 0.257 e. The molecule has 3 nitrogen and oxygen atoms in total. The first-order chi connectivity index (χ1) is 9.33. The minimum atomic E-state index is 0.0884. The number of rotatable bonds is 6. The second kappa shape index (κ2) is 7.39. The minimum Gasteiger partial charge on any atom is -0.491 e. The molecule has 1 amide bonds. The minimum absolute atomic E-state index is 0.0884. The summed E-state index contributed by atoms with van der Waals surface area (Å²) < 4.78 is 5.61. The molecule has 1 heterocycles. The predicted octanol–water partition coefficient (Wildman–Crippen LogP) is 3.32. The Hall–Kier alpha value is -1.22. The number of para-hydroxylation sites is 1. The van der Waals surface area contributed by atoms with E-state index in [1.165, 1.54) is 0 Å². The first kappa shape index (κ1) is 14.2. The van der Waals surface area contributed by atoms with E-state index in [0.29, 0.717) is 24.5 Å². The molecule has 0 saturated heterocycles. The SMILES string of the molecule is O=C1c2ccccc2OCCN1CCCCCCCl. The van der Waals surface area contributed by atoms with Crippen molar-refractivity contribution in [2.75, 3.05) is 25.6 Å². The molecule has 0 atom stereocenters. The fourth-order valence-electron chi connectivity index (χ4n) is 2.27. The zero-order valence-corrected chi connectivity index (χ0v) is 11.9. The van der Waals surface area contributed by atoms with Gasteiger partial charge in [-0.2, -0.15) is 0 Å². The summed E-state index contributed by atoms with van der Waals surface area (Å²) in [7, 11) is 0. The molecule has 0 saturated carbocycles. The molecule has 104 valence electrons. The van der Waals surface area contributed by atoms with Crippen LogP contribution in [0.15, 0.2) is 24.3 Å². The largest absolute Gasteiger partial charge is 0.491 e. The lowest BCUT2D eigenvalue weighted by Crippen LogP contribution is -2.33. The number of fused-ring (bicyclic) bond motifs is 1. The summed E-state index contributed by atoms with van der Waals surface area (Å²) >= 11 is 5.65. The van der Waals surface area contributed by atoms with Gasteiger partial charge in [0.15, 0.2) is 0 Å². The molecule has 1 aromatic carbocycles. The first-order valence-corrected chi connectivity index (χ1v) is 7.43. The van der Waals surface area contributed by atoms with Gasteiger partial charge in [0.05, 0.1) is 12.1 Å². The molecule has 0 fully saturated rings. The number of carbonyl (C=O) groups is 1. The Kier molecular flexibility index (Phi) is 5.52. The average Bonchev–Trinajstić information content (AvgIpc) is 2.59. The smallest absolute Gasteiger partial charge is 0.257 e. The van der Waals surface area contributed by atoms with Crippen molar-refractivity contribution in [1.82, 2.24) is 4.90 Å². The molecule has 1 aromatic rings. The number of amides is 1. The molecule has 0 bridgehead atoms. The van der Waals surface area contributed by atoms with E-state index in [0.717, 1.165) is 38.1 Å². The number of hydrogen-bond acceptors (Lipinski definition) is 2. The predicted molar refractivity (Wildman–Crippen MR) is 77.0 cm³/mol. The lowest BCUT2D eigenvalue weighted by atomic mass is 10.1. The van der Waals surface area contributed by atoms with Gasteiger partial charge < -0.3 is 9.64 Å². The van der Waals surface area contributed by atoms with E-state index in [1.54, 1.807) is 0 Å². The lowest BCUT2D eigenvalue weighted by molar-refractivity contribution is 0.0752. The van der Waals surface area contributed by atoms with Gasteiger partial charge in [-0.3, -0.25) is 4.79 Å². The third kappa shape index (κ3) is 3.87. The molecular formula is C15H20ClNO2. The normalized spacial score (nSPS) is 14.8. The average molecular weight is 282 g/mol. The molecule has 0 N–H and O–H groups in total. The van der Waals surface area contributed by atoms with Crippen molar-refractivity contribution in [2.45, 2.75) is 25.7 Å². The second-order valence-corrected chi connectivity index (χ2v) is 5.12. The van der Waals surface area contributed by atoms with E-state index < -0.39 is 0 Å². The fourth-order valence-corrected chi connectivity index (χ4v) is 2.46. The van der Waals surface area contributed by atoms with E-state index in [1.807, 2.05) is 29.2 Å². The Bertz CT molecular complexity index is 422. The highest BCUT2D eigenvalue weighted by atomic mass is 35.5. The monoisotopic (exact) mass is 281 g/mol. The molecule has 0 aliphatic carbocycles. The zero-order chi connectivity index (χ0) is 13.5. The van der Waals surface area contributed by atoms with Crippen LogP contribution in [0.1, 0.15) is 36.0 Å². The van der Waals surface area contributed by atoms with E-state index >= 15 is 0 Å². The summed E-state index contributed by atoms with van der Waals surface area (Å²) in [6.45, 7) is 2.05.